The van der Waals surface area contributed by atoms with Gasteiger partial charge in [0.05, 0.1) is 21.2 Å². The second kappa shape index (κ2) is 9.17. The van der Waals surface area contributed by atoms with Gasteiger partial charge in [0.15, 0.2) is 11.1 Å². The number of aromatic nitrogens is 2. The SMILES string of the molecule is CN(C)CCN(C(=O)O)c1c(C2(C(F)(F)F)CC2(F)F)c(C#N)nn1-c1c(Cl)cc(C(F)(F)F)cc1Cl. The quantitative estimate of drug-likeness (QED) is 0.427. The summed E-state index contributed by atoms with van der Waals surface area (Å²) in [4.78, 5) is 13.8. The van der Waals surface area contributed by atoms with Crippen LogP contribution in [-0.4, -0.2) is 65.2 Å². The van der Waals surface area contributed by atoms with E-state index in [0.29, 0.717) is 12.1 Å². The number of carbonyl (C=O) groups is 1. The van der Waals surface area contributed by atoms with Crippen LogP contribution in [0.3, 0.4) is 0 Å². The van der Waals surface area contributed by atoms with Crippen LogP contribution < -0.4 is 4.90 Å². The molecular formula is C20H15Cl2F8N5O2. The Morgan fingerprint density at radius 3 is 2.03 bits per heavy atom. The lowest BCUT2D eigenvalue weighted by molar-refractivity contribution is -0.182. The molecule has 17 heteroatoms. The molecule has 1 heterocycles. The first-order chi connectivity index (χ1) is 16.8. The number of hydrogen-bond donors (Lipinski definition) is 1. The summed E-state index contributed by atoms with van der Waals surface area (Å²) in [6, 6.07) is 1.94. The van der Waals surface area contributed by atoms with Gasteiger partial charge in [-0.25, -0.2) is 18.3 Å². The van der Waals surface area contributed by atoms with E-state index >= 15 is 0 Å². The number of carboxylic acid groups (broad SMARTS) is 1. The Morgan fingerprint density at radius 2 is 1.68 bits per heavy atom. The number of rotatable bonds is 6. The number of alkyl halides is 8. The van der Waals surface area contributed by atoms with Crippen molar-refractivity contribution in [2.45, 2.75) is 30.1 Å². The van der Waals surface area contributed by atoms with Gasteiger partial charge in [-0.3, -0.25) is 4.90 Å². The Morgan fingerprint density at radius 1 is 1.16 bits per heavy atom. The summed E-state index contributed by atoms with van der Waals surface area (Å²) in [6.07, 6.45) is -14.4. The highest BCUT2D eigenvalue weighted by atomic mass is 35.5. The molecule has 1 aliphatic rings. The highest BCUT2D eigenvalue weighted by Gasteiger charge is 2.86. The zero-order chi connectivity index (χ0) is 28.3. The number of nitrogens with zero attached hydrogens (tertiary/aromatic N) is 5. The second-order valence-corrected chi connectivity index (χ2v) is 9.19. The summed E-state index contributed by atoms with van der Waals surface area (Å²) < 4.78 is 111. The lowest BCUT2D eigenvalue weighted by Crippen LogP contribution is -2.41. The van der Waals surface area contributed by atoms with Crippen molar-refractivity contribution in [3.05, 3.63) is 39.0 Å². The van der Waals surface area contributed by atoms with Gasteiger partial charge in [0.2, 0.25) is 0 Å². The molecule has 0 aliphatic heterocycles. The van der Waals surface area contributed by atoms with Gasteiger partial charge in [-0.2, -0.15) is 36.7 Å². The van der Waals surface area contributed by atoms with Crippen molar-refractivity contribution in [1.29, 1.82) is 5.26 Å². The van der Waals surface area contributed by atoms with Crippen LogP contribution in [0.25, 0.3) is 5.69 Å². The van der Waals surface area contributed by atoms with E-state index in [9.17, 15) is 50.3 Å². The summed E-state index contributed by atoms with van der Waals surface area (Å²) in [5.74, 6) is -5.59. The molecular weight excluding hydrogens is 565 g/mol. The predicted octanol–water partition coefficient (Wildman–Crippen LogP) is 5.95. The van der Waals surface area contributed by atoms with E-state index in [-0.39, 0.29) is 16.1 Å². The Balaban J connectivity index is 2.47. The van der Waals surface area contributed by atoms with Crippen molar-refractivity contribution in [2.24, 2.45) is 0 Å². The number of likely N-dealkylation sites (N-methyl/N-ethyl adjacent to an activating group) is 1. The molecule has 1 saturated carbocycles. The number of hydrogen-bond acceptors (Lipinski definition) is 4. The monoisotopic (exact) mass is 579 g/mol. The summed E-state index contributed by atoms with van der Waals surface area (Å²) in [5.41, 5.74) is -8.78. The van der Waals surface area contributed by atoms with Gasteiger partial charge in [0, 0.05) is 19.5 Å². The van der Waals surface area contributed by atoms with E-state index < -0.39 is 81.1 Å². The van der Waals surface area contributed by atoms with Crippen LogP contribution in [0, 0.1) is 11.3 Å². The highest BCUT2D eigenvalue weighted by molar-refractivity contribution is 6.38. The van der Waals surface area contributed by atoms with Gasteiger partial charge in [-0.1, -0.05) is 23.2 Å². The van der Waals surface area contributed by atoms with E-state index in [1.165, 1.54) is 25.1 Å². The van der Waals surface area contributed by atoms with E-state index in [0.717, 1.165) is 0 Å². The topological polar surface area (TPSA) is 85.4 Å². The largest absolute Gasteiger partial charge is 0.465 e. The van der Waals surface area contributed by atoms with Crippen molar-refractivity contribution >= 4 is 35.1 Å². The Hall–Kier alpha value is -2.83. The fourth-order valence-electron chi connectivity index (χ4n) is 3.82. The fourth-order valence-corrected chi connectivity index (χ4v) is 4.47. The molecule has 1 unspecified atom stereocenters. The molecule has 7 nitrogen and oxygen atoms in total. The second-order valence-electron chi connectivity index (χ2n) is 8.38. The summed E-state index contributed by atoms with van der Waals surface area (Å²) in [6.45, 7) is -0.746. The fraction of sp³-hybridized carbons (Fsp3) is 0.450. The molecule has 1 aliphatic carbocycles. The molecule has 1 aromatic carbocycles. The van der Waals surface area contributed by atoms with E-state index in [1.54, 1.807) is 0 Å². The summed E-state index contributed by atoms with van der Waals surface area (Å²) in [5, 5.41) is 21.2. The number of amides is 1. The number of anilines is 1. The van der Waals surface area contributed by atoms with Crippen LogP contribution in [0.1, 0.15) is 23.2 Å². The predicted molar refractivity (Wildman–Crippen MR) is 115 cm³/mol. The zero-order valence-electron chi connectivity index (χ0n) is 18.6. The van der Waals surface area contributed by atoms with Crippen molar-refractivity contribution in [2.75, 3.05) is 32.1 Å². The smallest absolute Gasteiger partial charge is 0.416 e. The third kappa shape index (κ3) is 4.77. The van der Waals surface area contributed by atoms with Gasteiger partial charge in [-0.15, -0.1) is 0 Å². The zero-order valence-corrected chi connectivity index (χ0v) is 20.2. The molecule has 1 aromatic heterocycles. The minimum absolute atomic E-state index is 0.136. The molecule has 0 radical (unpaired) electrons. The van der Waals surface area contributed by atoms with Crippen molar-refractivity contribution in [3.63, 3.8) is 0 Å². The van der Waals surface area contributed by atoms with E-state index in [1.807, 2.05) is 0 Å². The summed E-state index contributed by atoms with van der Waals surface area (Å²) >= 11 is 11.9. The molecule has 1 fully saturated rings. The molecule has 1 amide bonds. The maximum atomic E-state index is 14.4. The molecule has 1 atom stereocenters. The number of halogens is 10. The Kier molecular flexibility index (Phi) is 7.13. The third-order valence-corrected chi connectivity index (χ3v) is 6.25. The Bertz CT molecular complexity index is 1260. The number of benzene rings is 1. The van der Waals surface area contributed by atoms with Crippen LogP contribution in [0.5, 0.6) is 0 Å². The normalized spacial score (nSPS) is 19.1. The molecule has 37 heavy (non-hydrogen) atoms. The van der Waals surface area contributed by atoms with Crippen LogP contribution in [0.15, 0.2) is 12.1 Å². The molecule has 0 saturated heterocycles. The maximum Gasteiger partial charge on any atom is 0.416 e. The molecule has 2 aromatic rings. The minimum Gasteiger partial charge on any atom is -0.465 e. The van der Waals surface area contributed by atoms with Gasteiger partial charge in [0.1, 0.15) is 17.6 Å². The van der Waals surface area contributed by atoms with Gasteiger partial charge in [0.25, 0.3) is 5.92 Å². The first-order valence-corrected chi connectivity index (χ1v) is 10.8. The molecule has 1 N–H and O–H groups in total. The average molecular weight is 580 g/mol. The first kappa shape index (κ1) is 28.7. The minimum atomic E-state index is -5.68. The lowest BCUT2D eigenvalue weighted by atomic mass is 9.93. The van der Waals surface area contributed by atoms with E-state index in [4.69, 9.17) is 23.2 Å². The first-order valence-electron chi connectivity index (χ1n) is 10.00. The molecule has 0 bridgehead atoms. The standard InChI is InChI=1S/C20H15Cl2F8N5O2/c1-33(2)3-4-34(16(36)37)15-13(17(20(28,29)30)8-18(17,23)24)12(7-31)32-35(15)14-10(21)5-9(6-11(14)22)19(25,26)27/h5-6H,3-4,8H2,1-2H3,(H,36,37). The average Bonchev–Trinajstić information content (AvgIpc) is 3.14. The van der Waals surface area contributed by atoms with Crippen molar-refractivity contribution < 1.29 is 45.0 Å². The molecule has 0 spiro atoms. The maximum absolute atomic E-state index is 14.4. The molecule has 3 rings (SSSR count). The number of nitriles is 1. The highest BCUT2D eigenvalue weighted by Crippen LogP contribution is 2.71. The van der Waals surface area contributed by atoms with Crippen LogP contribution >= 0.6 is 23.2 Å². The van der Waals surface area contributed by atoms with E-state index in [2.05, 4.69) is 5.10 Å². The van der Waals surface area contributed by atoms with Crippen LogP contribution in [-0.2, 0) is 11.6 Å². The van der Waals surface area contributed by atoms with Gasteiger partial charge in [-0.05, 0) is 26.2 Å². The van der Waals surface area contributed by atoms with Crippen LogP contribution in [0.4, 0.5) is 45.7 Å². The lowest BCUT2D eigenvalue weighted by Gasteiger charge is -2.27. The third-order valence-electron chi connectivity index (χ3n) is 5.68. The summed E-state index contributed by atoms with van der Waals surface area (Å²) in [7, 11) is 2.96. The van der Waals surface area contributed by atoms with Gasteiger partial charge >= 0.3 is 18.4 Å². The molecule has 202 valence electrons. The van der Waals surface area contributed by atoms with Gasteiger partial charge < -0.3 is 10.0 Å². The van der Waals surface area contributed by atoms with Crippen LogP contribution in [0.2, 0.25) is 10.0 Å². The van der Waals surface area contributed by atoms with Crippen molar-refractivity contribution in [1.82, 2.24) is 14.7 Å². The Labute approximate surface area is 213 Å². The van der Waals surface area contributed by atoms with Crippen molar-refractivity contribution in [3.8, 4) is 11.8 Å².